The molecule has 0 unspecified atom stereocenters. The third-order valence-corrected chi connectivity index (χ3v) is 2.91. The van der Waals surface area contributed by atoms with Gasteiger partial charge in [0.2, 0.25) is 0 Å². The van der Waals surface area contributed by atoms with Gasteiger partial charge in [-0.2, -0.15) is 13.2 Å². The Bertz CT molecular complexity index is 570. The number of hydrogen-bond acceptors (Lipinski definition) is 2. The number of para-hydroxylation sites is 1. The van der Waals surface area contributed by atoms with E-state index in [9.17, 15) is 13.2 Å². The Morgan fingerprint density at radius 1 is 1.05 bits per heavy atom. The zero-order valence-corrected chi connectivity index (χ0v) is 11.3. The van der Waals surface area contributed by atoms with E-state index >= 15 is 0 Å². The lowest BCUT2D eigenvalue weighted by atomic mass is 10.1. The summed E-state index contributed by atoms with van der Waals surface area (Å²) in [5, 5.41) is 2.76. The van der Waals surface area contributed by atoms with Crippen LogP contribution >= 0.6 is 15.9 Å². The maximum Gasteiger partial charge on any atom is 0.418 e. The van der Waals surface area contributed by atoms with Crippen molar-refractivity contribution in [1.29, 1.82) is 0 Å². The van der Waals surface area contributed by atoms with Crippen molar-refractivity contribution in [2.75, 3.05) is 5.32 Å². The molecule has 2 nitrogen and oxygen atoms in total. The van der Waals surface area contributed by atoms with E-state index in [0.717, 1.165) is 6.07 Å². The topological polar surface area (TPSA) is 24.9 Å². The number of anilines is 1. The number of halogens is 4. The highest BCUT2D eigenvalue weighted by Gasteiger charge is 2.32. The quantitative estimate of drug-likeness (QED) is 0.839. The predicted molar refractivity (Wildman–Crippen MR) is 70.7 cm³/mol. The molecule has 0 amide bonds. The molecule has 0 aliphatic heterocycles. The van der Waals surface area contributed by atoms with E-state index in [1.54, 1.807) is 24.3 Å². The summed E-state index contributed by atoms with van der Waals surface area (Å²) in [5.74, 6) is 0. The fourth-order valence-electron chi connectivity index (χ4n) is 1.62. The van der Waals surface area contributed by atoms with Crippen LogP contribution in [0.15, 0.2) is 47.1 Å². The molecule has 0 aliphatic rings. The molecule has 1 aromatic heterocycles. The first kappa shape index (κ1) is 13.9. The summed E-state index contributed by atoms with van der Waals surface area (Å²) in [4.78, 5) is 4.15. The monoisotopic (exact) mass is 330 g/mol. The van der Waals surface area contributed by atoms with Gasteiger partial charge in [-0.15, -0.1) is 0 Å². The highest BCUT2D eigenvalue weighted by molar-refractivity contribution is 9.10. The minimum atomic E-state index is -4.37. The van der Waals surface area contributed by atoms with Gasteiger partial charge in [0.15, 0.2) is 0 Å². The van der Waals surface area contributed by atoms with Crippen molar-refractivity contribution < 1.29 is 13.2 Å². The molecular formula is C13H10BrF3N2. The van der Waals surface area contributed by atoms with Gasteiger partial charge in [0, 0.05) is 5.69 Å². The number of rotatable bonds is 3. The van der Waals surface area contributed by atoms with E-state index in [2.05, 4.69) is 26.2 Å². The second kappa shape index (κ2) is 5.61. The lowest BCUT2D eigenvalue weighted by Gasteiger charge is -2.14. The van der Waals surface area contributed by atoms with Crippen LogP contribution in [0.1, 0.15) is 11.3 Å². The van der Waals surface area contributed by atoms with Crippen LogP contribution in [0.3, 0.4) is 0 Å². The van der Waals surface area contributed by atoms with Crippen LogP contribution in [-0.2, 0) is 12.7 Å². The van der Waals surface area contributed by atoms with Crippen molar-refractivity contribution in [3.63, 3.8) is 0 Å². The van der Waals surface area contributed by atoms with Gasteiger partial charge in [-0.3, -0.25) is 0 Å². The Hall–Kier alpha value is -1.56. The molecule has 2 aromatic rings. The van der Waals surface area contributed by atoms with Crippen LogP contribution in [0.5, 0.6) is 0 Å². The van der Waals surface area contributed by atoms with Crippen molar-refractivity contribution in [3.8, 4) is 0 Å². The lowest BCUT2D eigenvalue weighted by molar-refractivity contribution is -0.136. The largest absolute Gasteiger partial charge is 0.418 e. The molecule has 1 heterocycles. The van der Waals surface area contributed by atoms with Crippen LogP contribution in [-0.4, -0.2) is 4.98 Å². The van der Waals surface area contributed by atoms with E-state index in [1.807, 2.05) is 0 Å². The minimum absolute atomic E-state index is 0.0526. The van der Waals surface area contributed by atoms with E-state index < -0.39 is 11.7 Å². The number of nitrogens with zero attached hydrogens (tertiary/aromatic N) is 1. The van der Waals surface area contributed by atoms with Gasteiger partial charge in [0.1, 0.15) is 4.60 Å². The van der Waals surface area contributed by atoms with Crippen molar-refractivity contribution in [1.82, 2.24) is 4.98 Å². The van der Waals surface area contributed by atoms with Crippen LogP contribution < -0.4 is 5.32 Å². The average Bonchev–Trinajstić information content (AvgIpc) is 2.36. The molecule has 0 saturated carbocycles. The van der Waals surface area contributed by atoms with E-state index in [-0.39, 0.29) is 12.2 Å². The zero-order chi connectivity index (χ0) is 13.9. The fraction of sp³-hybridized carbons (Fsp3) is 0.154. The minimum Gasteiger partial charge on any atom is -0.379 e. The molecule has 0 saturated heterocycles. The normalized spacial score (nSPS) is 11.4. The Morgan fingerprint density at radius 3 is 2.47 bits per heavy atom. The van der Waals surface area contributed by atoms with Crippen molar-refractivity contribution >= 4 is 21.6 Å². The first-order valence-electron chi connectivity index (χ1n) is 5.48. The van der Waals surface area contributed by atoms with Crippen molar-refractivity contribution in [2.24, 2.45) is 0 Å². The van der Waals surface area contributed by atoms with Gasteiger partial charge in [-0.05, 0) is 40.2 Å². The molecule has 0 atom stereocenters. The van der Waals surface area contributed by atoms with E-state index in [0.29, 0.717) is 10.3 Å². The number of aromatic nitrogens is 1. The average molecular weight is 331 g/mol. The first-order valence-corrected chi connectivity index (χ1v) is 6.27. The van der Waals surface area contributed by atoms with Gasteiger partial charge in [-0.25, -0.2) is 4.98 Å². The highest BCUT2D eigenvalue weighted by atomic mass is 79.9. The summed E-state index contributed by atoms with van der Waals surface area (Å²) in [6, 6.07) is 10.7. The number of hydrogen-bond donors (Lipinski definition) is 1. The molecule has 19 heavy (non-hydrogen) atoms. The smallest absolute Gasteiger partial charge is 0.379 e. The van der Waals surface area contributed by atoms with Crippen molar-refractivity contribution in [3.05, 3.63) is 58.3 Å². The molecule has 0 bridgehead atoms. The number of alkyl halides is 3. The molecule has 0 fully saturated rings. The summed E-state index contributed by atoms with van der Waals surface area (Å²) in [5.41, 5.74) is 0.0353. The van der Waals surface area contributed by atoms with Crippen molar-refractivity contribution in [2.45, 2.75) is 12.7 Å². The Morgan fingerprint density at radius 2 is 1.79 bits per heavy atom. The van der Waals surface area contributed by atoms with Crippen LogP contribution in [0.2, 0.25) is 0 Å². The molecule has 100 valence electrons. The second-order valence-corrected chi connectivity index (χ2v) is 4.66. The summed E-state index contributed by atoms with van der Waals surface area (Å²) < 4.78 is 39.0. The third-order valence-electron chi connectivity index (χ3n) is 2.47. The number of pyridine rings is 1. The zero-order valence-electron chi connectivity index (χ0n) is 9.71. The standard InChI is InChI=1S/C13H10BrF3N2/c14-12-7-3-4-9(19-12)8-18-11-6-2-1-5-10(11)13(15,16)17/h1-7,18H,8H2. The van der Waals surface area contributed by atoms with Gasteiger partial charge < -0.3 is 5.32 Å². The molecule has 1 N–H and O–H groups in total. The van der Waals surface area contributed by atoms with E-state index in [4.69, 9.17) is 0 Å². The first-order chi connectivity index (χ1) is 8.97. The molecule has 0 radical (unpaired) electrons. The third kappa shape index (κ3) is 3.70. The fourth-order valence-corrected chi connectivity index (χ4v) is 2.00. The Labute approximate surface area is 116 Å². The van der Waals surface area contributed by atoms with Crippen LogP contribution in [0.25, 0.3) is 0 Å². The molecule has 2 rings (SSSR count). The number of nitrogens with one attached hydrogen (secondary N) is 1. The summed E-state index contributed by atoms with van der Waals surface area (Å²) in [7, 11) is 0. The molecule has 6 heteroatoms. The Kier molecular flexibility index (Phi) is 4.09. The molecular weight excluding hydrogens is 321 g/mol. The van der Waals surface area contributed by atoms with Gasteiger partial charge in [-0.1, -0.05) is 18.2 Å². The maximum atomic E-state index is 12.8. The summed E-state index contributed by atoms with van der Waals surface area (Å²) >= 11 is 3.22. The molecule has 0 aliphatic carbocycles. The lowest BCUT2D eigenvalue weighted by Crippen LogP contribution is -2.11. The SMILES string of the molecule is FC(F)(F)c1ccccc1NCc1cccc(Br)n1. The molecule has 1 aromatic carbocycles. The maximum absolute atomic E-state index is 12.8. The van der Waals surface area contributed by atoms with Gasteiger partial charge >= 0.3 is 6.18 Å². The summed E-state index contributed by atoms with van der Waals surface area (Å²) in [6.45, 7) is 0.229. The van der Waals surface area contributed by atoms with Crippen LogP contribution in [0.4, 0.5) is 18.9 Å². The predicted octanol–water partition coefficient (Wildman–Crippen LogP) is 4.48. The second-order valence-electron chi connectivity index (χ2n) is 3.85. The highest BCUT2D eigenvalue weighted by Crippen LogP contribution is 2.34. The van der Waals surface area contributed by atoms with Gasteiger partial charge in [0.25, 0.3) is 0 Å². The van der Waals surface area contributed by atoms with Gasteiger partial charge in [0.05, 0.1) is 17.8 Å². The number of benzene rings is 1. The summed E-state index contributed by atoms with van der Waals surface area (Å²) in [6.07, 6.45) is -4.37. The Balaban J connectivity index is 2.16. The van der Waals surface area contributed by atoms with Crippen LogP contribution in [0, 0.1) is 0 Å². The molecule has 0 spiro atoms. The van der Waals surface area contributed by atoms with E-state index in [1.165, 1.54) is 12.1 Å².